The molecule has 0 aliphatic heterocycles. The average molecular weight is 389 g/mol. The standard InChI is InChI=1S/C21H27NO6/c1-6-11(3)18(21(25)26)22-20(24)13(5)27-16-9-8-15-14(7-2)10-17(23)28-19(15)12(16)4/h8-11,13,18H,6-7H2,1-5H3,(H,22,24)(H,25,26)/t11-,13-,18+/m1/s1. The van der Waals surface area contributed by atoms with E-state index in [1.165, 1.54) is 6.07 Å². The first kappa shape index (κ1) is 21.5. The molecule has 7 nitrogen and oxygen atoms in total. The number of carboxylic acids is 1. The highest BCUT2D eigenvalue weighted by Gasteiger charge is 2.28. The number of aryl methyl sites for hydroxylation is 2. The number of nitrogens with one attached hydrogen (secondary N) is 1. The molecule has 0 unspecified atom stereocenters. The van der Waals surface area contributed by atoms with Gasteiger partial charge in [-0.05, 0) is 43.9 Å². The Hall–Kier alpha value is -2.83. The van der Waals surface area contributed by atoms with E-state index in [-0.39, 0.29) is 5.92 Å². The number of hydrogen-bond donors (Lipinski definition) is 2. The zero-order valence-corrected chi connectivity index (χ0v) is 16.9. The number of hydrogen-bond acceptors (Lipinski definition) is 5. The van der Waals surface area contributed by atoms with Crippen LogP contribution in [0.3, 0.4) is 0 Å². The number of carbonyl (C=O) groups is 2. The molecule has 3 atom stereocenters. The fourth-order valence-electron chi connectivity index (χ4n) is 3.03. The maximum atomic E-state index is 12.4. The summed E-state index contributed by atoms with van der Waals surface area (Å²) in [5.41, 5.74) is 1.48. The van der Waals surface area contributed by atoms with Crippen LogP contribution in [0.25, 0.3) is 11.0 Å². The molecule has 0 aliphatic rings. The zero-order chi connectivity index (χ0) is 21.0. The van der Waals surface area contributed by atoms with Crippen LogP contribution in [0.5, 0.6) is 5.75 Å². The van der Waals surface area contributed by atoms with Crippen LogP contribution in [0, 0.1) is 12.8 Å². The van der Waals surface area contributed by atoms with Crippen LogP contribution in [-0.2, 0) is 16.0 Å². The molecule has 0 saturated carbocycles. The molecule has 1 amide bonds. The van der Waals surface area contributed by atoms with Crippen molar-refractivity contribution in [2.75, 3.05) is 0 Å². The maximum Gasteiger partial charge on any atom is 0.336 e. The van der Waals surface area contributed by atoms with Crippen molar-refractivity contribution in [2.45, 2.75) is 59.6 Å². The Morgan fingerprint density at radius 3 is 2.50 bits per heavy atom. The third kappa shape index (κ3) is 4.52. The Kier molecular flexibility index (Phi) is 6.83. The minimum Gasteiger partial charge on any atom is -0.480 e. The Morgan fingerprint density at radius 2 is 1.93 bits per heavy atom. The minimum absolute atomic E-state index is 0.210. The van der Waals surface area contributed by atoms with Gasteiger partial charge in [0.2, 0.25) is 0 Å². The van der Waals surface area contributed by atoms with Gasteiger partial charge in [0, 0.05) is 17.0 Å². The van der Waals surface area contributed by atoms with Crippen LogP contribution < -0.4 is 15.7 Å². The normalized spacial score (nSPS) is 14.3. The van der Waals surface area contributed by atoms with Crippen molar-refractivity contribution in [3.05, 3.63) is 39.7 Å². The summed E-state index contributed by atoms with van der Waals surface area (Å²) in [6.45, 7) is 8.89. The van der Waals surface area contributed by atoms with Crippen molar-refractivity contribution < 1.29 is 23.8 Å². The Morgan fingerprint density at radius 1 is 1.25 bits per heavy atom. The number of ether oxygens (including phenoxy) is 1. The lowest BCUT2D eigenvalue weighted by atomic mass is 9.99. The second-order valence-electron chi connectivity index (χ2n) is 6.98. The summed E-state index contributed by atoms with van der Waals surface area (Å²) < 4.78 is 11.1. The molecular weight excluding hydrogens is 362 g/mol. The molecule has 1 aromatic carbocycles. The molecule has 2 N–H and O–H groups in total. The molecule has 0 aliphatic carbocycles. The lowest BCUT2D eigenvalue weighted by Crippen LogP contribution is -2.49. The molecule has 28 heavy (non-hydrogen) atoms. The second-order valence-corrected chi connectivity index (χ2v) is 6.98. The largest absolute Gasteiger partial charge is 0.480 e. The van der Waals surface area contributed by atoms with E-state index in [0.717, 1.165) is 10.9 Å². The van der Waals surface area contributed by atoms with Gasteiger partial charge in [-0.25, -0.2) is 9.59 Å². The molecule has 7 heteroatoms. The highest BCUT2D eigenvalue weighted by molar-refractivity contribution is 5.87. The summed E-state index contributed by atoms with van der Waals surface area (Å²) >= 11 is 0. The van der Waals surface area contributed by atoms with Crippen LogP contribution in [0.2, 0.25) is 0 Å². The number of rotatable bonds is 8. The van der Waals surface area contributed by atoms with Gasteiger partial charge in [0.15, 0.2) is 6.10 Å². The van der Waals surface area contributed by atoms with Crippen molar-refractivity contribution in [3.8, 4) is 5.75 Å². The van der Waals surface area contributed by atoms with Crippen LogP contribution in [0.4, 0.5) is 0 Å². The summed E-state index contributed by atoms with van der Waals surface area (Å²) in [7, 11) is 0. The van der Waals surface area contributed by atoms with Crippen molar-refractivity contribution >= 4 is 22.8 Å². The molecule has 0 radical (unpaired) electrons. The number of benzene rings is 1. The predicted molar refractivity (Wildman–Crippen MR) is 106 cm³/mol. The summed E-state index contributed by atoms with van der Waals surface area (Å²) in [6.07, 6.45) is 0.394. The van der Waals surface area contributed by atoms with E-state index < -0.39 is 29.6 Å². The first-order valence-corrected chi connectivity index (χ1v) is 9.45. The predicted octanol–water partition coefficient (Wildman–Crippen LogP) is 3.05. The number of amides is 1. The number of carboxylic acid groups (broad SMARTS) is 1. The Balaban J connectivity index is 2.26. The minimum atomic E-state index is -1.08. The summed E-state index contributed by atoms with van der Waals surface area (Å²) in [4.78, 5) is 35.7. The summed E-state index contributed by atoms with van der Waals surface area (Å²) in [5.74, 6) is -1.40. The second kappa shape index (κ2) is 8.91. The van der Waals surface area contributed by atoms with Gasteiger partial charge in [-0.2, -0.15) is 0 Å². The van der Waals surface area contributed by atoms with E-state index in [0.29, 0.717) is 29.7 Å². The maximum absolute atomic E-state index is 12.4. The smallest absolute Gasteiger partial charge is 0.336 e. The van der Waals surface area contributed by atoms with Gasteiger partial charge in [-0.15, -0.1) is 0 Å². The number of carbonyl (C=O) groups excluding carboxylic acids is 1. The van der Waals surface area contributed by atoms with Crippen molar-refractivity contribution in [1.29, 1.82) is 0 Å². The zero-order valence-electron chi connectivity index (χ0n) is 16.9. The van der Waals surface area contributed by atoms with Gasteiger partial charge in [0.25, 0.3) is 5.91 Å². The first-order chi connectivity index (χ1) is 13.2. The van der Waals surface area contributed by atoms with E-state index in [4.69, 9.17) is 9.15 Å². The monoisotopic (exact) mass is 389 g/mol. The lowest BCUT2D eigenvalue weighted by Gasteiger charge is -2.23. The number of aliphatic carboxylic acids is 1. The quantitative estimate of drug-likeness (QED) is 0.672. The van der Waals surface area contributed by atoms with E-state index in [1.807, 2.05) is 13.8 Å². The van der Waals surface area contributed by atoms with Crippen LogP contribution in [0.15, 0.2) is 27.4 Å². The lowest BCUT2D eigenvalue weighted by molar-refractivity contribution is -0.144. The van der Waals surface area contributed by atoms with Crippen molar-refractivity contribution in [2.24, 2.45) is 5.92 Å². The van der Waals surface area contributed by atoms with Crippen LogP contribution >= 0.6 is 0 Å². The molecule has 2 rings (SSSR count). The molecule has 152 valence electrons. The summed E-state index contributed by atoms with van der Waals surface area (Å²) in [5, 5.41) is 12.7. The van der Waals surface area contributed by atoms with E-state index in [2.05, 4.69) is 5.32 Å². The topological polar surface area (TPSA) is 106 Å². The van der Waals surface area contributed by atoms with E-state index in [1.54, 1.807) is 32.9 Å². The SMILES string of the molecule is CCc1cc(=O)oc2c(C)c(O[C@H](C)C(=O)N[C@H](C(=O)O)[C@H](C)CC)ccc12. The first-order valence-electron chi connectivity index (χ1n) is 9.45. The van der Waals surface area contributed by atoms with Gasteiger partial charge in [-0.1, -0.05) is 27.2 Å². The number of fused-ring (bicyclic) bond motifs is 1. The molecular formula is C21H27NO6. The van der Waals surface area contributed by atoms with Gasteiger partial charge in [-0.3, -0.25) is 4.79 Å². The summed E-state index contributed by atoms with van der Waals surface area (Å²) in [6, 6.07) is 4.01. The molecule has 0 bridgehead atoms. The van der Waals surface area contributed by atoms with E-state index in [9.17, 15) is 19.5 Å². The highest BCUT2D eigenvalue weighted by Crippen LogP contribution is 2.29. The van der Waals surface area contributed by atoms with Crippen molar-refractivity contribution in [1.82, 2.24) is 5.32 Å². The highest BCUT2D eigenvalue weighted by atomic mass is 16.5. The third-order valence-corrected chi connectivity index (χ3v) is 5.03. The fourth-order valence-corrected chi connectivity index (χ4v) is 3.03. The molecule has 0 saturated heterocycles. The van der Waals surface area contributed by atoms with Gasteiger partial charge < -0.3 is 19.6 Å². The average Bonchev–Trinajstić information content (AvgIpc) is 2.66. The van der Waals surface area contributed by atoms with Gasteiger partial charge in [0.05, 0.1) is 0 Å². The van der Waals surface area contributed by atoms with Crippen LogP contribution in [-0.4, -0.2) is 29.1 Å². The molecule has 1 aromatic heterocycles. The third-order valence-electron chi connectivity index (χ3n) is 5.03. The molecule has 0 spiro atoms. The van der Waals surface area contributed by atoms with Crippen molar-refractivity contribution in [3.63, 3.8) is 0 Å². The van der Waals surface area contributed by atoms with Crippen LogP contribution in [0.1, 0.15) is 45.2 Å². The Bertz CT molecular complexity index is 932. The molecule has 0 fully saturated rings. The molecule has 2 aromatic rings. The Labute approximate surface area is 163 Å². The molecule has 1 heterocycles. The fraction of sp³-hybridized carbons (Fsp3) is 0.476. The van der Waals surface area contributed by atoms with Gasteiger partial charge in [0.1, 0.15) is 17.4 Å². The van der Waals surface area contributed by atoms with E-state index >= 15 is 0 Å². The van der Waals surface area contributed by atoms with Gasteiger partial charge >= 0.3 is 11.6 Å².